The van der Waals surface area contributed by atoms with Crippen LogP contribution in [-0.4, -0.2) is 55.0 Å². The van der Waals surface area contributed by atoms with Crippen molar-refractivity contribution in [2.75, 3.05) is 27.2 Å². The van der Waals surface area contributed by atoms with Crippen LogP contribution in [0.1, 0.15) is 30.0 Å². The fourth-order valence-corrected chi connectivity index (χ4v) is 5.26. The van der Waals surface area contributed by atoms with Gasteiger partial charge in [-0.3, -0.25) is 9.69 Å². The number of benzene rings is 1. The average Bonchev–Trinajstić information content (AvgIpc) is 3.20. The zero-order valence-electron chi connectivity index (χ0n) is 14.3. The Morgan fingerprint density at radius 3 is 2.35 bits per heavy atom. The minimum absolute atomic E-state index is 0.161. The van der Waals surface area contributed by atoms with Crippen molar-refractivity contribution in [1.82, 2.24) is 15.1 Å². The maximum Gasteiger partial charge on any atom is 0.245 e. The second-order valence-electron chi connectivity index (χ2n) is 7.67. The molecule has 23 heavy (non-hydrogen) atoms. The quantitative estimate of drug-likeness (QED) is 0.924. The molecule has 1 amide bonds. The van der Waals surface area contributed by atoms with Gasteiger partial charge in [-0.2, -0.15) is 0 Å². The van der Waals surface area contributed by atoms with Gasteiger partial charge in [0.2, 0.25) is 5.91 Å². The lowest BCUT2D eigenvalue weighted by Crippen LogP contribution is -2.45. The highest BCUT2D eigenvalue weighted by Crippen LogP contribution is 2.48. The number of aryl methyl sites for hydroxylation is 1. The molecule has 3 fully saturated rings. The minimum atomic E-state index is -0.161. The Morgan fingerprint density at radius 1 is 1.17 bits per heavy atom. The van der Waals surface area contributed by atoms with Gasteiger partial charge < -0.3 is 10.2 Å². The third-order valence-electron chi connectivity index (χ3n) is 6.26. The van der Waals surface area contributed by atoms with E-state index in [-0.39, 0.29) is 6.04 Å². The molecule has 0 aromatic heterocycles. The van der Waals surface area contributed by atoms with Crippen molar-refractivity contribution in [3.8, 4) is 0 Å². The van der Waals surface area contributed by atoms with Crippen LogP contribution in [0.2, 0.25) is 0 Å². The lowest BCUT2D eigenvalue weighted by atomic mass is 9.82. The van der Waals surface area contributed by atoms with Crippen molar-refractivity contribution < 1.29 is 4.79 Å². The monoisotopic (exact) mass is 313 g/mol. The maximum absolute atomic E-state index is 13.5. The van der Waals surface area contributed by atoms with Crippen molar-refractivity contribution in [2.45, 2.75) is 37.9 Å². The highest BCUT2D eigenvalue weighted by Gasteiger charge is 2.57. The Hall–Kier alpha value is -1.39. The second-order valence-corrected chi connectivity index (χ2v) is 7.67. The molecule has 2 bridgehead atoms. The number of nitrogens with zero attached hydrogens (tertiary/aromatic N) is 2. The first-order valence-electron chi connectivity index (χ1n) is 8.84. The molecule has 1 aromatic carbocycles. The zero-order valence-corrected chi connectivity index (χ0v) is 14.3. The Bertz CT molecular complexity index is 596. The average molecular weight is 313 g/mol. The van der Waals surface area contributed by atoms with Crippen molar-refractivity contribution in [3.63, 3.8) is 0 Å². The Balaban J connectivity index is 1.66. The number of carbonyl (C=O) groups is 1. The molecule has 4 heteroatoms. The summed E-state index contributed by atoms with van der Waals surface area (Å²) in [7, 11) is 4.05. The van der Waals surface area contributed by atoms with E-state index in [1.165, 1.54) is 18.4 Å². The van der Waals surface area contributed by atoms with Crippen LogP contribution < -0.4 is 5.32 Å². The fourth-order valence-electron chi connectivity index (χ4n) is 5.26. The van der Waals surface area contributed by atoms with E-state index >= 15 is 0 Å². The summed E-state index contributed by atoms with van der Waals surface area (Å²) in [5.41, 5.74) is 2.35. The molecule has 1 aromatic rings. The maximum atomic E-state index is 13.5. The van der Waals surface area contributed by atoms with Crippen LogP contribution in [-0.2, 0) is 4.79 Å². The molecule has 0 saturated carbocycles. The molecule has 0 unspecified atom stereocenters. The summed E-state index contributed by atoms with van der Waals surface area (Å²) in [6.07, 6.45) is 2.38. The fraction of sp³-hybridized carbons (Fsp3) is 0.632. The predicted molar refractivity (Wildman–Crippen MR) is 91.1 cm³/mol. The van der Waals surface area contributed by atoms with E-state index in [0.717, 1.165) is 18.7 Å². The first-order valence-corrected chi connectivity index (χ1v) is 8.84. The van der Waals surface area contributed by atoms with E-state index in [9.17, 15) is 4.79 Å². The summed E-state index contributed by atoms with van der Waals surface area (Å²) in [5.74, 6) is 1.67. The van der Waals surface area contributed by atoms with Crippen molar-refractivity contribution in [3.05, 3.63) is 35.4 Å². The van der Waals surface area contributed by atoms with Crippen LogP contribution >= 0.6 is 0 Å². The molecule has 3 saturated heterocycles. The molecular weight excluding hydrogens is 286 g/mol. The molecular formula is C19H27N3O. The highest BCUT2D eigenvalue weighted by atomic mass is 16.2. The number of nitrogens with one attached hydrogen (secondary N) is 1. The number of fused-ring (bicyclic) bond motifs is 5. The van der Waals surface area contributed by atoms with Gasteiger partial charge in [0.05, 0.1) is 0 Å². The molecule has 124 valence electrons. The van der Waals surface area contributed by atoms with Gasteiger partial charge in [-0.15, -0.1) is 0 Å². The summed E-state index contributed by atoms with van der Waals surface area (Å²) in [5, 5.41) is 3.53. The molecule has 3 heterocycles. The highest BCUT2D eigenvalue weighted by molar-refractivity contribution is 5.85. The van der Waals surface area contributed by atoms with Crippen molar-refractivity contribution >= 4 is 5.91 Å². The number of hydrogen-bond acceptors (Lipinski definition) is 3. The summed E-state index contributed by atoms with van der Waals surface area (Å²) < 4.78 is 0. The van der Waals surface area contributed by atoms with Gasteiger partial charge in [-0.1, -0.05) is 24.3 Å². The molecule has 4 nitrogen and oxygen atoms in total. The van der Waals surface area contributed by atoms with E-state index in [2.05, 4.69) is 34.2 Å². The topological polar surface area (TPSA) is 35.6 Å². The van der Waals surface area contributed by atoms with E-state index in [0.29, 0.717) is 29.8 Å². The molecule has 1 N–H and O–H groups in total. The van der Waals surface area contributed by atoms with Gasteiger partial charge in [0.25, 0.3) is 0 Å². The third-order valence-corrected chi connectivity index (χ3v) is 6.26. The van der Waals surface area contributed by atoms with Crippen molar-refractivity contribution in [2.24, 2.45) is 11.8 Å². The number of rotatable bonds is 3. The van der Waals surface area contributed by atoms with Crippen LogP contribution in [0.4, 0.5) is 0 Å². The van der Waals surface area contributed by atoms with Crippen LogP contribution in [0.5, 0.6) is 0 Å². The van der Waals surface area contributed by atoms with E-state index in [1.54, 1.807) is 0 Å². The molecule has 3 aliphatic heterocycles. The molecule has 5 atom stereocenters. The standard InChI is InChI=1S/C19H27N3O/c1-12-6-4-5-7-13(12)18(21(2)3)19(23)22-16-8-9-17(22)15-11-20-10-14(15)16/h4-7,14-18,20H,8-11H2,1-3H3/t14-,15+,16-,17+,18-/m0/s1. The van der Waals surface area contributed by atoms with Gasteiger partial charge in [0.1, 0.15) is 6.04 Å². The Kier molecular flexibility index (Phi) is 3.69. The second kappa shape index (κ2) is 5.60. The smallest absolute Gasteiger partial charge is 0.245 e. The van der Waals surface area contributed by atoms with Gasteiger partial charge in [0.15, 0.2) is 0 Å². The van der Waals surface area contributed by atoms with E-state index < -0.39 is 0 Å². The van der Waals surface area contributed by atoms with Gasteiger partial charge in [-0.05, 0) is 56.8 Å². The Morgan fingerprint density at radius 2 is 1.78 bits per heavy atom. The normalized spacial score (nSPS) is 33.3. The first-order chi connectivity index (χ1) is 11.1. The number of carbonyl (C=O) groups excluding carboxylic acids is 1. The number of likely N-dealkylation sites (N-methyl/N-ethyl adjacent to an activating group) is 1. The third kappa shape index (κ3) is 2.23. The van der Waals surface area contributed by atoms with Gasteiger partial charge >= 0.3 is 0 Å². The number of hydrogen-bond donors (Lipinski definition) is 1. The lowest BCUT2D eigenvalue weighted by Gasteiger charge is -2.33. The number of amides is 1. The SMILES string of the molecule is Cc1ccccc1[C@@H](C(=O)N1[C@@H]2CC[C@H]1[C@H]1CNC[C@H]12)N(C)C. The molecule has 3 aliphatic rings. The van der Waals surface area contributed by atoms with Gasteiger partial charge in [-0.25, -0.2) is 0 Å². The summed E-state index contributed by atoms with van der Waals surface area (Å²) in [6, 6.07) is 9.06. The summed E-state index contributed by atoms with van der Waals surface area (Å²) in [4.78, 5) is 17.8. The summed E-state index contributed by atoms with van der Waals surface area (Å²) >= 11 is 0. The van der Waals surface area contributed by atoms with E-state index in [1.807, 2.05) is 26.2 Å². The molecule has 0 spiro atoms. The predicted octanol–water partition coefficient (Wildman–Crippen LogP) is 1.81. The van der Waals surface area contributed by atoms with Crippen LogP contribution in [0.25, 0.3) is 0 Å². The minimum Gasteiger partial charge on any atom is -0.334 e. The lowest BCUT2D eigenvalue weighted by molar-refractivity contribution is -0.138. The van der Waals surface area contributed by atoms with Crippen LogP contribution in [0, 0.1) is 18.8 Å². The largest absolute Gasteiger partial charge is 0.334 e. The zero-order chi connectivity index (χ0) is 16.1. The summed E-state index contributed by atoms with van der Waals surface area (Å²) in [6.45, 7) is 4.29. The molecule has 0 radical (unpaired) electrons. The molecule has 0 aliphatic carbocycles. The molecule has 4 rings (SSSR count). The van der Waals surface area contributed by atoms with Crippen molar-refractivity contribution in [1.29, 1.82) is 0 Å². The van der Waals surface area contributed by atoms with Crippen LogP contribution in [0.15, 0.2) is 24.3 Å². The Labute approximate surface area is 138 Å². The van der Waals surface area contributed by atoms with Crippen LogP contribution in [0.3, 0.4) is 0 Å². The first kappa shape index (κ1) is 15.2. The van der Waals surface area contributed by atoms with E-state index in [4.69, 9.17) is 0 Å². The van der Waals surface area contributed by atoms with Gasteiger partial charge in [0, 0.05) is 25.2 Å².